The third-order valence-electron chi connectivity index (χ3n) is 1.56. The minimum Gasteiger partial charge on any atom is -0.406 e. The Morgan fingerprint density at radius 2 is 1.88 bits per heavy atom. The van der Waals surface area contributed by atoms with Gasteiger partial charge in [0.15, 0.2) is 0 Å². The van der Waals surface area contributed by atoms with Gasteiger partial charge in [-0.25, -0.2) is 0 Å². The standard InChI is InChI=1S/C9H9F3N2O2/c10-9(11,12)16-7-3-1-6(2-4-7)14-8(15)5-13/h1-4H,5,13H2,(H,14,15). The summed E-state index contributed by atoms with van der Waals surface area (Å²) in [6.45, 7) is -0.194. The van der Waals surface area contributed by atoms with Crippen LogP contribution in [0.1, 0.15) is 0 Å². The van der Waals surface area contributed by atoms with Crippen LogP contribution in [0, 0.1) is 0 Å². The average molecular weight is 234 g/mol. The predicted octanol–water partition coefficient (Wildman–Crippen LogP) is 1.48. The highest BCUT2D eigenvalue weighted by molar-refractivity contribution is 5.92. The lowest BCUT2D eigenvalue weighted by atomic mass is 10.3. The Balaban J connectivity index is 2.64. The molecule has 0 spiro atoms. The lowest BCUT2D eigenvalue weighted by Crippen LogP contribution is -2.21. The molecule has 1 amide bonds. The highest BCUT2D eigenvalue weighted by atomic mass is 19.4. The molecule has 0 atom stereocenters. The van der Waals surface area contributed by atoms with Crippen LogP contribution in [0.15, 0.2) is 24.3 Å². The van der Waals surface area contributed by atoms with Crippen molar-refractivity contribution in [3.05, 3.63) is 24.3 Å². The first-order chi connectivity index (χ1) is 7.40. The molecule has 0 aromatic heterocycles. The van der Waals surface area contributed by atoms with Gasteiger partial charge in [0, 0.05) is 5.69 Å². The van der Waals surface area contributed by atoms with Crippen molar-refractivity contribution in [3.63, 3.8) is 0 Å². The third kappa shape index (κ3) is 4.18. The molecular weight excluding hydrogens is 225 g/mol. The van der Waals surface area contributed by atoms with Crippen LogP contribution in [0.3, 0.4) is 0 Å². The van der Waals surface area contributed by atoms with Crippen LogP contribution in [0.4, 0.5) is 18.9 Å². The van der Waals surface area contributed by atoms with Crippen molar-refractivity contribution in [2.24, 2.45) is 5.73 Å². The first kappa shape index (κ1) is 12.3. The van der Waals surface area contributed by atoms with E-state index in [1.165, 1.54) is 12.1 Å². The van der Waals surface area contributed by atoms with Gasteiger partial charge in [0.2, 0.25) is 5.91 Å². The zero-order valence-electron chi connectivity index (χ0n) is 8.04. The first-order valence-electron chi connectivity index (χ1n) is 4.26. The SMILES string of the molecule is NCC(=O)Nc1ccc(OC(F)(F)F)cc1. The van der Waals surface area contributed by atoms with Gasteiger partial charge in [-0.05, 0) is 24.3 Å². The molecule has 0 heterocycles. The van der Waals surface area contributed by atoms with E-state index in [-0.39, 0.29) is 12.3 Å². The number of carbonyl (C=O) groups is 1. The molecule has 0 aliphatic rings. The maximum absolute atomic E-state index is 11.8. The average Bonchev–Trinajstić information content (AvgIpc) is 2.18. The van der Waals surface area contributed by atoms with Gasteiger partial charge in [0.05, 0.1) is 6.54 Å². The Kier molecular flexibility index (Phi) is 3.73. The molecule has 4 nitrogen and oxygen atoms in total. The molecular formula is C9H9F3N2O2. The van der Waals surface area contributed by atoms with Gasteiger partial charge in [-0.15, -0.1) is 13.2 Å². The zero-order valence-corrected chi connectivity index (χ0v) is 8.04. The second-order valence-corrected chi connectivity index (χ2v) is 2.82. The number of halogens is 3. The molecule has 0 radical (unpaired) electrons. The normalized spacial score (nSPS) is 11.0. The summed E-state index contributed by atoms with van der Waals surface area (Å²) < 4.78 is 39.0. The second-order valence-electron chi connectivity index (χ2n) is 2.82. The second kappa shape index (κ2) is 4.84. The van der Waals surface area contributed by atoms with Crippen molar-refractivity contribution >= 4 is 11.6 Å². The number of anilines is 1. The van der Waals surface area contributed by atoms with Crippen LogP contribution in [0.2, 0.25) is 0 Å². The number of amides is 1. The number of ether oxygens (including phenoxy) is 1. The monoisotopic (exact) mass is 234 g/mol. The minimum atomic E-state index is -4.72. The molecule has 0 aliphatic heterocycles. The summed E-state index contributed by atoms with van der Waals surface area (Å²) in [5, 5.41) is 2.38. The largest absolute Gasteiger partial charge is 0.573 e. The number of hydrogen-bond acceptors (Lipinski definition) is 3. The van der Waals surface area contributed by atoms with Crippen molar-refractivity contribution in [2.45, 2.75) is 6.36 Å². The van der Waals surface area contributed by atoms with Gasteiger partial charge >= 0.3 is 6.36 Å². The number of rotatable bonds is 3. The number of nitrogens with two attached hydrogens (primary N) is 1. The molecule has 0 saturated heterocycles. The van der Waals surface area contributed by atoms with Gasteiger partial charge in [0.25, 0.3) is 0 Å². The van der Waals surface area contributed by atoms with Crippen LogP contribution in [-0.4, -0.2) is 18.8 Å². The summed E-state index contributed by atoms with van der Waals surface area (Å²) in [6.07, 6.45) is -4.72. The van der Waals surface area contributed by atoms with Crippen molar-refractivity contribution in [1.29, 1.82) is 0 Å². The summed E-state index contributed by atoms with van der Waals surface area (Å²) >= 11 is 0. The lowest BCUT2D eigenvalue weighted by molar-refractivity contribution is -0.274. The smallest absolute Gasteiger partial charge is 0.406 e. The third-order valence-corrected chi connectivity index (χ3v) is 1.56. The van der Waals surface area contributed by atoms with Crippen LogP contribution in [0.25, 0.3) is 0 Å². The molecule has 1 aromatic rings. The topological polar surface area (TPSA) is 64.4 Å². The number of carbonyl (C=O) groups excluding carboxylic acids is 1. The number of alkyl halides is 3. The molecule has 0 saturated carbocycles. The Morgan fingerprint density at radius 3 is 2.31 bits per heavy atom. The Hall–Kier alpha value is -1.76. The molecule has 3 N–H and O–H groups in total. The van der Waals surface area contributed by atoms with Gasteiger partial charge < -0.3 is 15.8 Å². The quantitative estimate of drug-likeness (QED) is 0.832. The lowest BCUT2D eigenvalue weighted by Gasteiger charge is -2.09. The van der Waals surface area contributed by atoms with E-state index in [1.54, 1.807) is 0 Å². The molecule has 0 bridgehead atoms. The van der Waals surface area contributed by atoms with Gasteiger partial charge in [-0.1, -0.05) is 0 Å². The van der Waals surface area contributed by atoms with E-state index < -0.39 is 12.3 Å². The number of benzene rings is 1. The molecule has 7 heteroatoms. The fourth-order valence-electron chi connectivity index (χ4n) is 0.952. The predicted molar refractivity (Wildman–Crippen MR) is 50.8 cm³/mol. The molecule has 0 fully saturated rings. The van der Waals surface area contributed by atoms with Crippen LogP contribution in [0.5, 0.6) is 5.75 Å². The van der Waals surface area contributed by atoms with Crippen molar-refractivity contribution in [1.82, 2.24) is 0 Å². The first-order valence-corrected chi connectivity index (χ1v) is 4.26. The summed E-state index contributed by atoms with van der Waals surface area (Å²) in [5.74, 6) is -0.775. The van der Waals surface area contributed by atoms with Crippen LogP contribution >= 0.6 is 0 Å². The highest BCUT2D eigenvalue weighted by Crippen LogP contribution is 2.23. The van der Waals surface area contributed by atoms with Gasteiger partial charge in [-0.3, -0.25) is 4.79 Å². The van der Waals surface area contributed by atoms with Gasteiger partial charge in [0.1, 0.15) is 5.75 Å². The highest BCUT2D eigenvalue weighted by Gasteiger charge is 2.30. The van der Waals surface area contributed by atoms with E-state index >= 15 is 0 Å². The van der Waals surface area contributed by atoms with E-state index in [9.17, 15) is 18.0 Å². The number of nitrogens with one attached hydrogen (secondary N) is 1. The van der Waals surface area contributed by atoms with E-state index in [1.807, 2.05) is 0 Å². The van der Waals surface area contributed by atoms with E-state index in [4.69, 9.17) is 5.73 Å². The minimum absolute atomic E-state index is 0.194. The van der Waals surface area contributed by atoms with E-state index in [0.717, 1.165) is 12.1 Å². The molecule has 0 aliphatic carbocycles. The number of hydrogen-bond donors (Lipinski definition) is 2. The molecule has 16 heavy (non-hydrogen) atoms. The Morgan fingerprint density at radius 1 is 1.31 bits per heavy atom. The van der Waals surface area contributed by atoms with E-state index in [0.29, 0.717) is 5.69 Å². The fourth-order valence-corrected chi connectivity index (χ4v) is 0.952. The summed E-state index contributed by atoms with van der Waals surface area (Å²) in [7, 11) is 0. The maximum atomic E-state index is 11.8. The van der Waals surface area contributed by atoms with E-state index in [2.05, 4.69) is 10.1 Å². The molecule has 1 aromatic carbocycles. The van der Waals surface area contributed by atoms with Crippen molar-refractivity contribution < 1.29 is 22.7 Å². The molecule has 1 rings (SSSR count). The maximum Gasteiger partial charge on any atom is 0.573 e. The van der Waals surface area contributed by atoms with Crippen molar-refractivity contribution in [2.75, 3.05) is 11.9 Å². The summed E-state index contributed by atoms with van der Waals surface area (Å²) in [6, 6.07) is 4.77. The van der Waals surface area contributed by atoms with Crippen LogP contribution in [-0.2, 0) is 4.79 Å². The summed E-state index contributed by atoms with van der Waals surface area (Å²) in [5.41, 5.74) is 5.40. The van der Waals surface area contributed by atoms with Crippen molar-refractivity contribution in [3.8, 4) is 5.75 Å². The summed E-state index contributed by atoms with van der Waals surface area (Å²) in [4.78, 5) is 10.8. The molecule has 0 unspecified atom stereocenters. The molecule has 88 valence electrons. The van der Waals surface area contributed by atoms with Gasteiger partial charge in [-0.2, -0.15) is 0 Å². The Labute approximate surface area is 89.2 Å². The Bertz CT molecular complexity index is 362. The zero-order chi connectivity index (χ0) is 12.2. The van der Waals surface area contributed by atoms with Crippen LogP contribution < -0.4 is 15.8 Å². The fraction of sp³-hybridized carbons (Fsp3) is 0.222.